The molecule has 0 bridgehead atoms. The molecule has 3 heterocycles. The van der Waals surface area contributed by atoms with Gasteiger partial charge >= 0.3 is 0 Å². The number of benzene rings is 2. The van der Waals surface area contributed by atoms with Gasteiger partial charge in [0.2, 0.25) is 0 Å². The van der Waals surface area contributed by atoms with E-state index in [1.165, 1.54) is 0 Å². The minimum atomic E-state index is -0.726. The summed E-state index contributed by atoms with van der Waals surface area (Å²) in [5.74, 6) is 1.45. The second-order valence-electron chi connectivity index (χ2n) is 9.00. The molecule has 3 aromatic heterocycles. The molecule has 0 aliphatic rings. The molecule has 3 N–H and O–H groups in total. The highest BCUT2D eigenvalue weighted by atomic mass is 16.5. The zero-order valence-corrected chi connectivity index (χ0v) is 19.5. The Hall–Kier alpha value is -3.91. The average molecular weight is 457 g/mol. The van der Waals surface area contributed by atoms with Crippen LogP contribution in [0.4, 0.5) is 11.5 Å². The third-order valence-electron chi connectivity index (χ3n) is 5.75. The summed E-state index contributed by atoms with van der Waals surface area (Å²) >= 11 is 0. The van der Waals surface area contributed by atoms with Gasteiger partial charge in [0.05, 0.1) is 29.6 Å². The van der Waals surface area contributed by atoms with Gasteiger partial charge in [0.25, 0.3) is 0 Å². The van der Waals surface area contributed by atoms with Crippen LogP contribution in [0.25, 0.3) is 27.8 Å². The van der Waals surface area contributed by atoms with Crippen LogP contribution in [0.3, 0.4) is 0 Å². The van der Waals surface area contributed by atoms with Crippen LogP contribution in [0.15, 0.2) is 61.2 Å². The third-order valence-corrected chi connectivity index (χ3v) is 5.75. The Balaban J connectivity index is 1.49. The first-order chi connectivity index (χ1) is 16.4. The van der Waals surface area contributed by atoms with Crippen molar-refractivity contribution in [3.63, 3.8) is 0 Å². The number of aliphatic hydroxyl groups is 1. The van der Waals surface area contributed by atoms with E-state index < -0.39 is 5.60 Å². The summed E-state index contributed by atoms with van der Waals surface area (Å²) in [5.41, 5.74) is 4.68. The topological polar surface area (TPSA) is 100 Å². The van der Waals surface area contributed by atoms with Gasteiger partial charge in [-0.3, -0.25) is 5.10 Å². The standard InChI is InChI=1S/C26H28N6O2/c1-4-34-23-14-20(8-7-17(23)9-10-26(2,3)33)29-24-25-27-11-12-32(25)16-22(30-24)18-5-6-19-15-28-31-21(19)13-18/h5-8,11-16,33H,4,9-10H2,1-3H3,(H,28,31)(H,29,30). The molecule has 8 nitrogen and oxygen atoms in total. The second kappa shape index (κ2) is 8.79. The lowest BCUT2D eigenvalue weighted by molar-refractivity contribution is 0.0712. The number of rotatable bonds is 8. The Morgan fingerprint density at radius 1 is 1.18 bits per heavy atom. The Kier molecular flexibility index (Phi) is 5.67. The molecule has 34 heavy (non-hydrogen) atoms. The molecule has 5 aromatic rings. The lowest BCUT2D eigenvalue weighted by Gasteiger charge is -2.19. The fourth-order valence-corrected chi connectivity index (χ4v) is 3.96. The fourth-order valence-electron chi connectivity index (χ4n) is 3.96. The highest BCUT2D eigenvalue weighted by Gasteiger charge is 2.16. The molecule has 2 aromatic carbocycles. The van der Waals surface area contributed by atoms with Crippen LogP contribution in [0.1, 0.15) is 32.8 Å². The summed E-state index contributed by atoms with van der Waals surface area (Å²) < 4.78 is 7.87. The van der Waals surface area contributed by atoms with Crippen molar-refractivity contribution < 1.29 is 9.84 Å². The molecule has 8 heteroatoms. The monoisotopic (exact) mass is 456 g/mol. The van der Waals surface area contributed by atoms with Crippen molar-refractivity contribution in [2.45, 2.75) is 39.2 Å². The fraction of sp³-hybridized carbons (Fsp3) is 0.269. The van der Waals surface area contributed by atoms with E-state index in [0.29, 0.717) is 18.8 Å². The summed E-state index contributed by atoms with van der Waals surface area (Å²) in [6.45, 7) is 6.17. The molecule has 0 spiro atoms. The van der Waals surface area contributed by atoms with Gasteiger partial charge in [0.1, 0.15) is 5.75 Å². The zero-order valence-electron chi connectivity index (χ0n) is 19.5. The number of anilines is 2. The predicted octanol–water partition coefficient (Wildman–Crippen LogP) is 5.12. The maximum absolute atomic E-state index is 10.1. The molecule has 0 aliphatic heterocycles. The lowest BCUT2D eigenvalue weighted by atomic mass is 9.98. The van der Waals surface area contributed by atoms with E-state index in [1.807, 2.05) is 74.0 Å². The number of aryl methyl sites for hydroxylation is 1. The quantitative estimate of drug-likeness (QED) is 0.300. The van der Waals surface area contributed by atoms with Gasteiger partial charge in [-0.15, -0.1) is 0 Å². The van der Waals surface area contributed by atoms with Crippen LogP contribution in [0, 0.1) is 0 Å². The van der Waals surface area contributed by atoms with Gasteiger partial charge in [0.15, 0.2) is 11.5 Å². The molecule has 0 unspecified atom stereocenters. The van der Waals surface area contributed by atoms with Gasteiger partial charge < -0.3 is 19.6 Å². The highest BCUT2D eigenvalue weighted by Crippen LogP contribution is 2.30. The van der Waals surface area contributed by atoms with Crippen molar-refractivity contribution in [1.82, 2.24) is 24.6 Å². The number of imidazole rings is 1. The van der Waals surface area contributed by atoms with Gasteiger partial charge in [-0.2, -0.15) is 5.10 Å². The molecule has 0 aliphatic carbocycles. The van der Waals surface area contributed by atoms with E-state index in [9.17, 15) is 5.11 Å². The summed E-state index contributed by atoms with van der Waals surface area (Å²) in [5, 5.41) is 21.7. The molecular formula is C26H28N6O2. The number of aromatic nitrogens is 5. The molecule has 0 saturated heterocycles. The average Bonchev–Trinajstić information content (AvgIpc) is 3.47. The number of fused-ring (bicyclic) bond motifs is 2. The van der Waals surface area contributed by atoms with Gasteiger partial charge in [-0.1, -0.05) is 18.2 Å². The molecule has 0 amide bonds. The van der Waals surface area contributed by atoms with Crippen LogP contribution in [-0.2, 0) is 6.42 Å². The lowest BCUT2D eigenvalue weighted by Crippen LogP contribution is -2.19. The first-order valence-corrected chi connectivity index (χ1v) is 11.4. The highest BCUT2D eigenvalue weighted by molar-refractivity contribution is 5.84. The van der Waals surface area contributed by atoms with E-state index in [4.69, 9.17) is 9.72 Å². The van der Waals surface area contributed by atoms with E-state index >= 15 is 0 Å². The Labute approximate surface area is 197 Å². The van der Waals surface area contributed by atoms with E-state index in [0.717, 1.165) is 51.2 Å². The van der Waals surface area contributed by atoms with E-state index in [-0.39, 0.29) is 0 Å². The summed E-state index contributed by atoms with van der Waals surface area (Å²) in [4.78, 5) is 9.38. The molecule has 0 saturated carbocycles. The van der Waals surface area contributed by atoms with Crippen molar-refractivity contribution in [1.29, 1.82) is 0 Å². The second-order valence-corrected chi connectivity index (χ2v) is 9.00. The molecule has 0 radical (unpaired) electrons. The molecular weight excluding hydrogens is 428 g/mol. The van der Waals surface area contributed by atoms with E-state index in [2.05, 4.69) is 20.5 Å². The first-order valence-electron chi connectivity index (χ1n) is 11.4. The van der Waals surface area contributed by atoms with Crippen molar-refractivity contribution in [3.05, 3.63) is 66.7 Å². The molecule has 5 rings (SSSR count). The number of ether oxygens (including phenoxy) is 1. The molecule has 0 atom stereocenters. The number of H-pyrrole nitrogens is 1. The Bertz CT molecular complexity index is 1450. The summed E-state index contributed by atoms with van der Waals surface area (Å²) in [6, 6.07) is 12.1. The Morgan fingerprint density at radius 2 is 2.06 bits per heavy atom. The van der Waals surface area contributed by atoms with Crippen molar-refractivity contribution in [2.75, 3.05) is 11.9 Å². The zero-order chi connectivity index (χ0) is 23.7. The number of nitrogens with zero attached hydrogens (tertiary/aromatic N) is 4. The first kappa shape index (κ1) is 21.9. The van der Waals surface area contributed by atoms with Crippen molar-refractivity contribution in [2.24, 2.45) is 0 Å². The van der Waals surface area contributed by atoms with Crippen LogP contribution in [0.5, 0.6) is 5.75 Å². The van der Waals surface area contributed by atoms with Crippen LogP contribution >= 0.6 is 0 Å². The third kappa shape index (κ3) is 4.58. The number of nitrogens with one attached hydrogen (secondary N) is 2. The van der Waals surface area contributed by atoms with E-state index in [1.54, 1.807) is 12.4 Å². The minimum absolute atomic E-state index is 0.563. The van der Waals surface area contributed by atoms with Gasteiger partial charge in [0, 0.05) is 41.3 Å². The van der Waals surface area contributed by atoms with Gasteiger partial charge in [-0.25, -0.2) is 9.97 Å². The maximum Gasteiger partial charge on any atom is 0.180 e. The van der Waals surface area contributed by atoms with Crippen molar-refractivity contribution >= 4 is 28.1 Å². The maximum atomic E-state index is 10.1. The molecule has 174 valence electrons. The number of hydrogen-bond donors (Lipinski definition) is 3. The summed E-state index contributed by atoms with van der Waals surface area (Å²) in [7, 11) is 0. The normalized spacial score (nSPS) is 11.9. The minimum Gasteiger partial charge on any atom is -0.494 e. The number of hydrogen-bond acceptors (Lipinski definition) is 6. The van der Waals surface area contributed by atoms with Gasteiger partial charge in [-0.05, 0) is 51.3 Å². The van der Waals surface area contributed by atoms with Crippen LogP contribution < -0.4 is 10.1 Å². The predicted molar refractivity (Wildman–Crippen MR) is 134 cm³/mol. The molecule has 0 fully saturated rings. The smallest absolute Gasteiger partial charge is 0.180 e. The number of aromatic amines is 1. The van der Waals surface area contributed by atoms with Crippen LogP contribution in [-0.4, -0.2) is 41.9 Å². The SMILES string of the molecule is CCOc1cc(Nc2nc(-c3ccc4cn[nH]c4c3)cn3ccnc23)ccc1CCC(C)(C)O. The largest absolute Gasteiger partial charge is 0.494 e. The Morgan fingerprint density at radius 3 is 2.88 bits per heavy atom. The summed E-state index contributed by atoms with van der Waals surface area (Å²) in [6.07, 6.45) is 8.82. The van der Waals surface area contributed by atoms with Crippen LogP contribution in [0.2, 0.25) is 0 Å². The van der Waals surface area contributed by atoms with Crippen molar-refractivity contribution in [3.8, 4) is 17.0 Å².